The number of aliphatic hydroxyl groups is 1. The molecule has 1 aliphatic carbocycles. The molecule has 0 spiro atoms. The fraction of sp³-hybridized carbons (Fsp3) is 0.875. The van der Waals surface area contributed by atoms with Crippen LogP contribution in [0.15, 0.2) is 0 Å². The third-order valence-corrected chi connectivity index (χ3v) is 4.36. The lowest BCUT2D eigenvalue weighted by Crippen LogP contribution is -2.45. The maximum atomic E-state index is 12.0. The molecular weight excluding hydrogens is 284 g/mol. The molecule has 1 atom stereocenters. The van der Waals surface area contributed by atoms with Gasteiger partial charge in [0, 0.05) is 37.6 Å². The Morgan fingerprint density at radius 2 is 1.95 bits per heavy atom. The number of ether oxygens (including phenoxy) is 1. The topological polar surface area (TPSA) is 78.9 Å². The Bertz CT molecular complexity index is 411. The van der Waals surface area contributed by atoms with Crippen LogP contribution in [0.4, 0.5) is 4.79 Å². The Morgan fingerprint density at radius 1 is 1.32 bits per heavy atom. The summed E-state index contributed by atoms with van der Waals surface area (Å²) in [4.78, 5) is 25.7. The quantitative estimate of drug-likeness (QED) is 0.831. The zero-order valence-electron chi connectivity index (χ0n) is 13.8. The summed E-state index contributed by atoms with van der Waals surface area (Å²) in [6.07, 6.45) is 3.60. The number of alkyl carbamates (subject to hydrolysis) is 1. The van der Waals surface area contributed by atoms with Crippen LogP contribution in [-0.2, 0) is 9.53 Å². The van der Waals surface area contributed by atoms with E-state index in [1.807, 2.05) is 25.7 Å². The minimum atomic E-state index is -0.484. The van der Waals surface area contributed by atoms with Crippen molar-refractivity contribution in [2.75, 3.05) is 13.2 Å². The van der Waals surface area contributed by atoms with E-state index in [4.69, 9.17) is 4.74 Å². The Labute approximate surface area is 132 Å². The number of hydrogen-bond donors (Lipinski definition) is 2. The second kappa shape index (κ2) is 6.86. The number of carbonyl (C=O) groups excluding carboxylic acids is 2. The van der Waals surface area contributed by atoms with Gasteiger partial charge in [0.25, 0.3) is 0 Å². The normalized spacial score (nSPS) is 29.5. The van der Waals surface area contributed by atoms with Gasteiger partial charge in [0.1, 0.15) is 5.60 Å². The van der Waals surface area contributed by atoms with Gasteiger partial charge in [-0.2, -0.15) is 0 Å². The number of amides is 2. The highest BCUT2D eigenvalue weighted by Crippen LogP contribution is 2.28. The average Bonchev–Trinajstić information content (AvgIpc) is 2.79. The molecular formula is C16H28N2O4. The zero-order valence-corrected chi connectivity index (χ0v) is 13.8. The van der Waals surface area contributed by atoms with Crippen LogP contribution in [0.3, 0.4) is 0 Å². The van der Waals surface area contributed by atoms with Crippen LogP contribution in [0.2, 0.25) is 0 Å². The van der Waals surface area contributed by atoms with E-state index in [2.05, 4.69) is 5.32 Å². The van der Waals surface area contributed by atoms with E-state index in [0.717, 1.165) is 25.7 Å². The van der Waals surface area contributed by atoms with E-state index >= 15 is 0 Å². The predicted octanol–water partition coefficient (Wildman–Crippen LogP) is 1.66. The molecule has 126 valence electrons. The number of nitrogens with one attached hydrogen (secondary N) is 1. The van der Waals surface area contributed by atoms with Crippen LogP contribution >= 0.6 is 0 Å². The van der Waals surface area contributed by atoms with Gasteiger partial charge in [-0.3, -0.25) is 4.79 Å². The average molecular weight is 312 g/mol. The molecule has 1 saturated carbocycles. The largest absolute Gasteiger partial charge is 0.444 e. The second-order valence-corrected chi connectivity index (χ2v) is 7.45. The monoisotopic (exact) mass is 312 g/mol. The minimum Gasteiger partial charge on any atom is -0.444 e. The maximum absolute atomic E-state index is 12.0. The van der Waals surface area contributed by atoms with E-state index in [1.54, 1.807) is 0 Å². The number of hydrogen-bond acceptors (Lipinski definition) is 4. The van der Waals surface area contributed by atoms with Crippen molar-refractivity contribution >= 4 is 12.0 Å². The van der Waals surface area contributed by atoms with Crippen LogP contribution in [0.1, 0.15) is 52.9 Å². The first kappa shape index (κ1) is 17.1. The standard InChI is InChI=1S/C16H28N2O4/c1-16(2,3)22-15(21)17-12-4-6-13(7-5-12)18-9-11(10-19)8-14(18)20/h11-13,19H,4-10H2,1-3H3,(H,17,21). The second-order valence-electron chi connectivity index (χ2n) is 7.45. The number of carbonyl (C=O) groups is 2. The van der Waals surface area contributed by atoms with Crippen LogP contribution in [-0.4, -0.2) is 52.8 Å². The highest BCUT2D eigenvalue weighted by molar-refractivity contribution is 5.79. The molecule has 2 fully saturated rings. The predicted molar refractivity (Wildman–Crippen MR) is 82.3 cm³/mol. The van der Waals surface area contributed by atoms with Gasteiger partial charge in [-0.05, 0) is 46.5 Å². The van der Waals surface area contributed by atoms with E-state index in [0.29, 0.717) is 13.0 Å². The Balaban J connectivity index is 1.76. The van der Waals surface area contributed by atoms with E-state index in [9.17, 15) is 14.7 Å². The number of aliphatic hydroxyl groups excluding tert-OH is 1. The Morgan fingerprint density at radius 3 is 2.45 bits per heavy atom. The highest BCUT2D eigenvalue weighted by atomic mass is 16.6. The summed E-state index contributed by atoms with van der Waals surface area (Å²) in [5, 5.41) is 12.1. The molecule has 6 heteroatoms. The van der Waals surface area contributed by atoms with E-state index in [-0.39, 0.29) is 36.6 Å². The van der Waals surface area contributed by atoms with Crippen LogP contribution in [0.5, 0.6) is 0 Å². The molecule has 1 saturated heterocycles. The van der Waals surface area contributed by atoms with Crippen molar-refractivity contribution < 1.29 is 19.4 Å². The van der Waals surface area contributed by atoms with Crippen molar-refractivity contribution in [3.63, 3.8) is 0 Å². The fourth-order valence-corrected chi connectivity index (χ4v) is 3.29. The SMILES string of the molecule is CC(C)(C)OC(=O)NC1CCC(N2CC(CO)CC2=O)CC1. The number of nitrogens with zero attached hydrogens (tertiary/aromatic N) is 1. The van der Waals surface area contributed by atoms with Crippen LogP contribution in [0, 0.1) is 5.92 Å². The molecule has 2 N–H and O–H groups in total. The van der Waals surface area contributed by atoms with Crippen molar-refractivity contribution in [3.05, 3.63) is 0 Å². The molecule has 2 rings (SSSR count). The van der Waals surface area contributed by atoms with Gasteiger partial charge in [0.15, 0.2) is 0 Å². The molecule has 6 nitrogen and oxygen atoms in total. The smallest absolute Gasteiger partial charge is 0.407 e. The zero-order chi connectivity index (χ0) is 16.3. The van der Waals surface area contributed by atoms with Crippen molar-refractivity contribution in [1.82, 2.24) is 10.2 Å². The van der Waals surface area contributed by atoms with Crippen LogP contribution < -0.4 is 5.32 Å². The lowest BCUT2D eigenvalue weighted by molar-refractivity contribution is -0.130. The van der Waals surface area contributed by atoms with Gasteiger partial charge < -0.3 is 20.1 Å². The first-order chi connectivity index (χ1) is 10.3. The lowest BCUT2D eigenvalue weighted by atomic mass is 9.90. The summed E-state index contributed by atoms with van der Waals surface area (Å²) < 4.78 is 5.27. The Kier molecular flexibility index (Phi) is 5.32. The maximum Gasteiger partial charge on any atom is 0.407 e. The lowest BCUT2D eigenvalue weighted by Gasteiger charge is -2.35. The Hall–Kier alpha value is -1.30. The summed E-state index contributed by atoms with van der Waals surface area (Å²) in [6.45, 7) is 6.29. The third kappa shape index (κ3) is 4.60. The summed E-state index contributed by atoms with van der Waals surface area (Å²) in [6, 6.07) is 0.373. The van der Waals surface area contributed by atoms with Gasteiger partial charge in [-0.1, -0.05) is 0 Å². The molecule has 2 aliphatic rings. The molecule has 1 heterocycles. The van der Waals surface area contributed by atoms with E-state index in [1.165, 1.54) is 0 Å². The van der Waals surface area contributed by atoms with Gasteiger partial charge >= 0.3 is 6.09 Å². The van der Waals surface area contributed by atoms with Gasteiger partial charge in [-0.15, -0.1) is 0 Å². The molecule has 0 aromatic rings. The fourth-order valence-electron chi connectivity index (χ4n) is 3.29. The summed E-state index contributed by atoms with van der Waals surface area (Å²) in [7, 11) is 0. The number of likely N-dealkylation sites (tertiary alicyclic amines) is 1. The molecule has 2 amide bonds. The molecule has 1 unspecified atom stereocenters. The first-order valence-electron chi connectivity index (χ1n) is 8.18. The molecule has 0 radical (unpaired) electrons. The van der Waals surface area contributed by atoms with Crippen molar-refractivity contribution in [3.8, 4) is 0 Å². The molecule has 0 aromatic heterocycles. The van der Waals surface area contributed by atoms with Crippen LogP contribution in [0.25, 0.3) is 0 Å². The van der Waals surface area contributed by atoms with E-state index < -0.39 is 5.60 Å². The van der Waals surface area contributed by atoms with Crippen molar-refractivity contribution in [2.45, 2.75) is 70.6 Å². The molecule has 1 aliphatic heterocycles. The minimum absolute atomic E-state index is 0.0811. The first-order valence-corrected chi connectivity index (χ1v) is 8.18. The highest BCUT2D eigenvalue weighted by Gasteiger charge is 2.36. The van der Waals surface area contributed by atoms with Gasteiger partial charge in [0.05, 0.1) is 0 Å². The van der Waals surface area contributed by atoms with Gasteiger partial charge in [-0.25, -0.2) is 4.79 Å². The third-order valence-electron chi connectivity index (χ3n) is 4.36. The summed E-state index contributed by atoms with van der Waals surface area (Å²) in [5.41, 5.74) is -0.484. The van der Waals surface area contributed by atoms with Gasteiger partial charge in [0.2, 0.25) is 5.91 Å². The van der Waals surface area contributed by atoms with Crippen molar-refractivity contribution in [2.24, 2.45) is 5.92 Å². The molecule has 0 bridgehead atoms. The summed E-state index contributed by atoms with van der Waals surface area (Å²) >= 11 is 0. The summed E-state index contributed by atoms with van der Waals surface area (Å²) in [5.74, 6) is 0.243. The molecule has 0 aromatic carbocycles. The molecule has 22 heavy (non-hydrogen) atoms. The van der Waals surface area contributed by atoms with Crippen molar-refractivity contribution in [1.29, 1.82) is 0 Å². The number of rotatable bonds is 3.